The van der Waals surface area contributed by atoms with Gasteiger partial charge in [-0.15, -0.1) is 0 Å². The van der Waals surface area contributed by atoms with Gasteiger partial charge in [-0.05, 0) is 55.2 Å². The number of halogens is 1. The number of piperazine rings is 1. The summed E-state index contributed by atoms with van der Waals surface area (Å²) in [5.41, 5.74) is 3.55. The summed E-state index contributed by atoms with van der Waals surface area (Å²) < 4.78 is 7.88. The van der Waals surface area contributed by atoms with Crippen LogP contribution < -0.4 is 9.64 Å². The average molecular weight is 636 g/mol. The van der Waals surface area contributed by atoms with E-state index < -0.39 is 5.41 Å². The molecule has 0 radical (unpaired) electrons. The Morgan fingerprint density at radius 3 is 2.59 bits per heavy atom. The number of likely N-dealkylation sites (tertiary alicyclic amines) is 1. The van der Waals surface area contributed by atoms with Crippen LogP contribution in [0.1, 0.15) is 30.4 Å². The molecule has 2 bridgehead atoms. The van der Waals surface area contributed by atoms with Crippen molar-refractivity contribution in [2.45, 2.75) is 42.9 Å². The predicted octanol–water partition coefficient (Wildman–Crippen LogP) is 3.74. The monoisotopic (exact) mass is 635 g/mol. The Morgan fingerprint density at radius 2 is 1.89 bits per heavy atom. The van der Waals surface area contributed by atoms with Crippen LogP contribution in [0, 0.1) is 23.2 Å². The fraction of sp³-hybridized carbons (Fsp3) is 0.429. The van der Waals surface area contributed by atoms with Crippen molar-refractivity contribution in [2.75, 3.05) is 44.2 Å². The first-order chi connectivity index (χ1) is 22.4. The molecule has 2 saturated carbocycles. The highest BCUT2D eigenvalue weighted by molar-refractivity contribution is 6.30. The molecule has 11 heteroatoms. The van der Waals surface area contributed by atoms with Crippen molar-refractivity contribution in [1.82, 2.24) is 24.4 Å². The van der Waals surface area contributed by atoms with Crippen molar-refractivity contribution in [3.05, 3.63) is 77.2 Å². The zero-order valence-corrected chi connectivity index (χ0v) is 26.1. The maximum Gasteiger partial charge on any atom is 0.233 e. The number of ether oxygens (including phenoxy) is 1. The fourth-order valence-electron chi connectivity index (χ4n) is 8.18. The summed E-state index contributed by atoms with van der Waals surface area (Å²) >= 11 is 6.27. The van der Waals surface area contributed by atoms with E-state index in [0.29, 0.717) is 34.8 Å². The molecule has 4 saturated heterocycles. The zero-order chi connectivity index (χ0) is 31.2. The Balaban J connectivity index is 0.900. The smallest absolute Gasteiger partial charge is 0.233 e. The van der Waals surface area contributed by atoms with E-state index in [4.69, 9.17) is 21.3 Å². The van der Waals surface area contributed by atoms with Crippen molar-refractivity contribution in [1.29, 1.82) is 5.26 Å². The predicted molar refractivity (Wildman–Crippen MR) is 172 cm³/mol. The first-order valence-electron chi connectivity index (χ1n) is 16.2. The van der Waals surface area contributed by atoms with Gasteiger partial charge in [-0.2, -0.15) is 10.4 Å². The maximum atomic E-state index is 13.8. The molecule has 4 unspecified atom stereocenters. The molecule has 10 rings (SSSR count). The number of aromatic nitrogens is 3. The molecule has 3 aromatic heterocycles. The molecule has 0 spiro atoms. The minimum absolute atomic E-state index is 0.115. The number of carbonyl (C=O) groups excluding carboxylic acids is 1. The fourth-order valence-corrected chi connectivity index (χ4v) is 8.37. The Morgan fingerprint density at radius 1 is 1.09 bits per heavy atom. The summed E-state index contributed by atoms with van der Waals surface area (Å²) in [4.78, 5) is 25.4. The first kappa shape index (κ1) is 28.1. The Labute approximate surface area is 271 Å². The van der Waals surface area contributed by atoms with Crippen LogP contribution in [-0.2, 0) is 10.2 Å². The van der Waals surface area contributed by atoms with Gasteiger partial charge in [0.05, 0.1) is 47.1 Å². The van der Waals surface area contributed by atoms with Crippen LogP contribution in [0.2, 0.25) is 5.02 Å². The minimum atomic E-state index is -0.415. The van der Waals surface area contributed by atoms with Crippen LogP contribution in [0.25, 0.3) is 16.6 Å². The highest BCUT2D eigenvalue weighted by Gasteiger charge is 2.59. The number of anilines is 1. The van der Waals surface area contributed by atoms with Crippen molar-refractivity contribution in [3.8, 4) is 22.9 Å². The van der Waals surface area contributed by atoms with Gasteiger partial charge in [0.1, 0.15) is 24.2 Å². The van der Waals surface area contributed by atoms with E-state index >= 15 is 0 Å². The molecule has 4 atom stereocenters. The minimum Gasteiger partial charge on any atom is -0.491 e. The molecular weight excluding hydrogens is 602 g/mol. The number of benzene rings is 1. The number of carbonyl (C=O) groups is 1. The molecule has 10 nitrogen and oxygen atoms in total. The number of aliphatic hydroxyl groups is 1. The van der Waals surface area contributed by atoms with E-state index in [2.05, 4.69) is 25.9 Å². The summed E-state index contributed by atoms with van der Waals surface area (Å²) in [5.74, 6) is 2.66. The number of hydrogen-bond acceptors (Lipinski definition) is 8. The van der Waals surface area contributed by atoms with E-state index in [0.717, 1.165) is 80.0 Å². The number of hydrogen-bond donors (Lipinski definition) is 1. The molecule has 4 aromatic rings. The Hall–Kier alpha value is -4.17. The van der Waals surface area contributed by atoms with Crippen LogP contribution >= 0.6 is 11.6 Å². The Kier molecular flexibility index (Phi) is 6.36. The molecule has 7 heterocycles. The third-order valence-electron chi connectivity index (χ3n) is 11.0. The van der Waals surface area contributed by atoms with Crippen molar-refractivity contribution in [2.24, 2.45) is 11.8 Å². The molecule has 6 aliphatic rings. The summed E-state index contributed by atoms with van der Waals surface area (Å²) in [6.07, 6.45) is 7.92. The first-order valence-corrected chi connectivity index (χ1v) is 16.5. The van der Waals surface area contributed by atoms with Crippen LogP contribution in [0.3, 0.4) is 0 Å². The summed E-state index contributed by atoms with van der Waals surface area (Å²) in [6.45, 7) is 4.70. The molecule has 4 aliphatic heterocycles. The van der Waals surface area contributed by atoms with E-state index in [1.807, 2.05) is 54.9 Å². The second-order valence-electron chi connectivity index (χ2n) is 13.6. The van der Waals surface area contributed by atoms with Gasteiger partial charge >= 0.3 is 0 Å². The van der Waals surface area contributed by atoms with Gasteiger partial charge in [0.2, 0.25) is 5.91 Å². The second kappa shape index (κ2) is 10.4. The molecule has 234 valence electrons. The average Bonchev–Trinajstić information content (AvgIpc) is 3.87. The van der Waals surface area contributed by atoms with E-state index in [9.17, 15) is 15.2 Å². The van der Waals surface area contributed by atoms with Crippen LogP contribution in [0.15, 0.2) is 61.1 Å². The van der Waals surface area contributed by atoms with Gasteiger partial charge in [0, 0.05) is 66.9 Å². The number of fused-ring (bicyclic) bond motifs is 4. The topological polar surface area (TPSA) is 110 Å². The lowest BCUT2D eigenvalue weighted by molar-refractivity contribution is -0.149. The quantitative estimate of drug-likeness (QED) is 0.312. The Bertz CT molecular complexity index is 1880. The van der Waals surface area contributed by atoms with Gasteiger partial charge in [-0.1, -0.05) is 23.7 Å². The van der Waals surface area contributed by atoms with Gasteiger partial charge in [-0.25, -0.2) is 9.50 Å². The van der Waals surface area contributed by atoms with E-state index in [1.165, 1.54) is 0 Å². The van der Waals surface area contributed by atoms with Crippen LogP contribution in [0.5, 0.6) is 5.75 Å². The van der Waals surface area contributed by atoms with Crippen molar-refractivity contribution < 1.29 is 14.6 Å². The van der Waals surface area contributed by atoms with Gasteiger partial charge in [0.15, 0.2) is 0 Å². The molecule has 6 fully saturated rings. The number of amides is 1. The number of pyridine rings is 2. The van der Waals surface area contributed by atoms with Gasteiger partial charge < -0.3 is 19.6 Å². The number of nitrogens with zero attached hydrogens (tertiary/aromatic N) is 7. The molecule has 2 aliphatic carbocycles. The van der Waals surface area contributed by atoms with E-state index in [1.54, 1.807) is 10.7 Å². The second-order valence-corrected chi connectivity index (χ2v) is 14.1. The zero-order valence-electron chi connectivity index (χ0n) is 25.3. The molecule has 1 aromatic carbocycles. The molecule has 46 heavy (non-hydrogen) atoms. The van der Waals surface area contributed by atoms with Crippen LogP contribution in [0.4, 0.5) is 5.82 Å². The third-order valence-corrected chi connectivity index (χ3v) is 11.2. The SMILES string of the molecule is N#Cc1cnn2cc(OCCN3CC4C(O)C4C3)cc(-c3ccc(N4CC5CC(C4)N5C(=O)C4(c5cccc(Cl)c5)CC4)nc3)c12. The highest BCUT2D eigenvalue weighted by atomic mass is 35.5. The molecule has 1 N–H and O–H groups in total. The summed E-state index contributed by atoms with van der Waals surface area (Å²) in [6, 6.07) is 16.4. The van der Waals surface area contributed by atoms with Crippen LogP contribution in [-0.4, -0.2) is 92.9 Å². The maximum absolute atomic E-state index is 13.8. The number of nitriles is 1. The summed E-state index contributed by atoms with van der Waals surface area (Å²) in [5, 5.41) is 24.7. The largest absolute Gasteiger partial charge is 0.491 e. The molecule has 1 amide bonds. The third kappa shape index (κ3) is 4.48. The highest BCUT2D eigenvalue weighted by Crippen LogP contribution is 2.52. The van der Waals surface area contributed by atoms with E-state index in [-0.39, 0.29) is 24.1 Å². The number of rotatable bonds is 8. The lowest BCUT2D eigenvalue weighted by Crippen LogP contribution is -2.71. The summed E-state index contributed by atoms with van der Waals surface area (Å²) in [7, 11) is 0. The lowest BCUT2D eigenvalue weighted by atomic mass is 9.83. The standard InChI is InChI=1S/C35H34ClN7O3/c36-24-3-1-2-23(10-24)35(6-7-35)34(45)43-25-11-26(43)17-41(16-25)31-5-4-21(14-38-31)28-12-27(18-42-32(28)22(13-37)15-39-42)46-9-8-40-19-29-30(20-40)33(29)44/h1-5,10,12,14-15,18,25-26,29-30,33,44H,6-9,11,16-17,19-20H2. The van der Waals surface area contributed by atoms with Gasteiger partial charge in [-0.3, -0.25) is 9.69 Å². The lowest BCUT2D eigenvalue weighted by Gasteiger charge is -2.57. The van der Waals surface area contributed by atoms with Gasteiger partial charge in [0.25, 0.3) is 0 Å². The normalized spacial score (nSPS) is 27.2. The molecular formula is C35H34ClN7O3. The number of piperidine rings is 2. The van der Waals surface area contributed by atoms with Crippen molar-refractivity contribution >= 4 is 28.8 Å². The van der Waals surface area contributed by atoms with Crippen molar-refractivity contribution in [3.63, 3.8) is 0 Å². The number of aliphatic hydroxyl groups excluding tert-OH is 1.